The highest BCUT2D eigenvalue weighted by Crippen LogP contribution is 2.23. The van der Waals surface area contributed by atoms with Gasteiger partial charge in [0.1, 0.15) is 0 Å². The third-order valence-electron chi connectivity index (χ3n) is 5.05. The van der Waals surface area contributed by atoms with Gasteiger partial charge in [-0.1, -0.05) is 96.6 Å². The van der Waals surface area contributed by atoms with Crippen molar-refractivity contribution in [1.29, 1.82) is 0 Å². The lowest BCUT2D eigenvalue weighted by Gasteiger charge is -2.04. The first-order valence-electron chi connectivity index (χ1n) is 11.5. The first kappa shape index (κ1) is 26.1. The highest BCUT2D eigenvalue weighted by atomic mass is 32.1. The molecule has 0 unspecified atom stereocenters. The molecule has 4 aromatic rings. The van der Waals surface area contributed by atoms with Gasteiger partial charge in [-0.05, 0) is 87.2 Å². The average molecular weight is 453 g/mol. The van der Waals surface area contributed by atoms with Crippen LogP contribution in [0.15, 0.2) is 91.0 Å². The fourth-order valence-corrected chi connectivity index (χ4v) is 4.22. The third-order valence-corrected chi connectivity index (χ3v) is 6.02. The van der Waals surface area contributed by atoms with Crippen molar-refractivity contribution in [1.82, 2.24) is 0 Å². The molecular weight excluding hydrogens is 416 g/mol. The first-order chi connectivity index (χ1) is 16.0. The van der Waals surface area contributed by atoms with Crippen molar-refractivity contribution in [2.24, 2.45) is 0 Å². The van der Waals surface area contributed by atoms with Crippen LogP contribution in [-0.2, 0) is 0 Å². The Morgan fingerprint density at radius 1 is 0.576 bits per heavy atom. The summed E-state index contributed by atoms with van der Waals surface area (Å²) in [4.78, 5) is 2.72. The van der Waals surface area contributed by atoms with Crippen LogP contribution in [0.1, 0.15) is 52.8 Å². The van der Waals surface area contributed by atoms with Gasteiger partial charge in [0.2, 0.25) is 0 Å². The summed E-state index contributed by atoms with van der Waals surface area (Å²) < 4.78 is 0. The summed E-state index contributed by atoms with van der Waals surface area (Å²) in [6.07, 6.45) is 12.6. The largest absolute Gasteiger partial charge is 0.141 e. The molecule has 0 bridgehead atoms. The van der Waals surface area contributed by atoms with Crippen LogP contribution in [0.25, 0.3) is 29.0 Å². The van der Waals surface area contributed by atoms with Crippen LogP contribution >= 0.6 is 11.3 Å². The maximum atomic E-state index is 2.18. The van der Waals surface area contributed by atoms with Crippen LogP contribution in [-0.4, -0.2) is 0 Å². The number of rotatable bonds is 3. The van der Waals surface area contributed by atoms with Gasteiger partial charge in [-0.3, -0.25) is 0 Å². The minimum Gasteiger partial charge on any atom is -0.141 e. The fourth-order valence-electron chi connectivity index (χ4n) is 3.38. The number of hydrogen-bond acceptors (Lipinski definition) is 1. The summed E-state index contributed by atoms with van der Waals surface area (Å²) >= 11 is 1.83. The molecule has 0 aliphatic heterocycles. The number of fused-ring (bicyclic) bond motifs is 1. The van der Waals surface area contributed by atoms with Gasteiger partial charge in [0.25, 0.3) is 0 Å². The van der Waals surface area contributed by atoms with Gasteiger partial charge in [0.05, 0.1) is 0 Å². The third kappa shape index (κ3) is 8.71. The molecule has 1 aromatic heterocycles. The summed E-state index contributed by atoms with van der Waals surface area (Å²) in [5, 5.41) is 2.69. The van der Waals surface area contributed by atoms with Crippen molar-refractivity contribution in [2.45, 2.75) is 41.5 Å². The van der Waals surface area contributed by atoms with E-state index >= 15 is 0 Å². The Bertz CT molecular complexity index is 1200. The lowest BCUT2D eigenvalue weighted by Crippen LogP contribution is -1.81. The molecule has 0 spiro atoms. The summed E-state index contributed by atoms with van der Waals surface area (Å²) in [6.45, 7) is 12.5. The minimum absolute atomic E-state index is 1.27. The number of allylic oxidation sites excluding steroid dienone is 3. The highest BCUT2D eigenvalue weighted by molar-refractivity contribution is 7.12. The lowest BCUT2D eigenvalue weighted by atomic mass is 10.0. The van der Waals surface area contributed by atoms with E-state index in [1.165, 1.54) is 42.8 Å². The summed E-state index contributed by atoms with van der Waals surface area (Å²) in [5.41, 5.74) is 5.23. The van der Waals surface area contributed by atoms with E-state index in [-0.39, 0.29) is 0 Å². The van der Waals surface area contributed by atoms with Crippen LogP contribution in [0, 0.1) is 20.8 Å². The second-order valence-corrected chi connectivity index (χ2v) is 9.20. The average Bonchev–Trinajstić information content (AvgIpc) is 3.24. The van der Waals surface area contributed by atoms with Crippen molar-refractivity contribution in [3.63, 3.8) is 0 Å². The second kappa shape index (κ2) is 14.1. The Labute approximate surface area is 204 Å². The molecule has 0 aliphatic rings. The van der Waals surface area contributed by atoms with Gasteiger partial charge in [0, 0.05) is 9.75 Å². The predicted molar refractivity (Wildman–Crippen MR) is 153 cm³/mol. The van der Waals surface area contributed by atoms with Crippen molar-refractivity contribution in [3.05, 3.63) is 123 Å². The van der Waals surface area contributed by atoms with E-state index in [2.05, 4.69) is 131 Å². The van der Waals surface area contributed by atoms with E-state index in [1.807, 2.05) is 31.3 Å². The van der Waals surface area contributed by atoms with Crippen LogP contribution in [0.3, 0.4) is 0 Å². The Balaban J connectivity index is 0.000000181. The van der Waals surface area contributed by atoms with Crippen LogP contribution in [0.4, 0.5) is 0 Å². The molecule has 1 heteroatoms. The van der Waals surface area contributed by atoms with Crippen LogP contribution < -0.4 is 0 Å². The lowest BCUT2D eigenvalue weighted by molar-refractivity contribution is 1.46. The fraction of sp³-hybridized carbons (Fsp3) is 0.188. The SMILES string of the molecule is CC=Cc1ccc(C)c2ccccc12.CC=Cc1ccc(C)cc1.CC=Cc1ccc(C)s1. The summed E-state index contributed by atoms with van der Waals surface area (Å²) in [5.74, 6) is 0. The molecule has 0 saturated heterocycles. The predicted octanol–water partition coefficient (Wildman–Crippen LogP) is 10.3. The Hall–Kier alpha value is -3.16. The molecule has 4 rings (SSSR count). The number of benzene rings is 3. The van der Waals surface area contributed by atoms with E-state index in [0.717, 1.165) is 0 Å². The smallest absolute Gasteiger partial charge is 0.0269 e. The first-order valence-corrected chi connectivity index (χ1v) is 12.3. The molecule has 0 radical (unpaired) electrons. The van der Waals surface area contributed by atoms with Crippen LogP contribution in [0.5, 0.6) is 0 Å². The summed E-state index contributed by atoms with van der Waals surface area (Å²) in [6, 6.07) is 25.7. The Morgan fingerprint density at radius 2 is 1.21 bits per heavy atom. The maximum absolute atomic E-state index is 2.18. The molecule has 3 aromatic carbocycles. The molecule has 0 amide bonds. The molecule has 0 atom stereocenters. The van der Waals surface area contributed by atoms with E-state index in [1.54, 1.807) is 0 Å². The Kier molecular flexibility index (Phi) is 11.1. The topological polar surface area (TPSA) is 0 Å². The molecule has 1 heterocycles. The minimum atomic E-state index is 1.27. The molecular formula is C32H36S. The second-order valence-electron chi connectivity index (χ2n) is 7.88. The molecule has 0 nitrogen and oxygen atoms in total. The van der Waals surface area contributed by atoms with Gasteiger partial charge >= 0.3 is 0 Å². The maximum Gasteiger partial charge on any atom is 0.0269 e. The van der Waals surface area contributed by atoms with Crippen molar-refractivity contribution < 1.29 is 0 Å². The van der Waals surface area contributed by atoms with Gasteiger partial charge in [0.15, 0.2) is 0 Å². The standard InChI is InChI=1S/C14H14.C10H12.C8H10S/c1-3-6-12-10-9-11(2)13-7-4-5-8-14(12)13;1-3-4-10-7-5-9(2)6-8-10;1-3-4-8-6-5-7(2)9-8/h3-10H,1-2H3;3-8H,1-2H3;3-6H,1-2H3. The van der Waals surface area contributed by atoms with E-state index in [9.17, 15) is 0 Å². The van der Waals surface area contributed by atoms with Gasteiger partial charge in [-0.2, -0.15) is 0 Å². The number of hydrogen-bond donors (Lipinski definition) is 0. The molecule has 0 fully saturated rings. The molecule has 0 saturated carbocycles. The van der Waals surface area contributed by atoms with Gasteiger partial charge < -0.3 is 0 Å². The van der Waals surface area contributed by atoms with Gasteiger partial charge in [-0.15, -0.1) is 11.3 Å². The zero-order valence-corrected chi connectivity index (χ0v) is 21.6. The quantitative estimate of drug-likeness (QED) is 0.290. The van der Waals surface area contributed by atoms with E-state index in [0.29, 0.717) is 0 Å². The molecule has 0 aliphatic carbocycles. The van der Waals surface area contributed by atoms with E-state index in [4.69, 9.17) is 0 Å². The van der Waals surface area contributed by atoms with Crippen LogP contribution in [0.2, 0.25) is 0 Å². The molecule has 170 valence electrons. The number of thiophene rings is 1. The van der Waals surface area contributed by atoms with E-state index < -0.39 is 0 Å². The number of aryl methyl sites for hydroxylation is 3. The highest BCUT2D eigenvalue weighted by Gasteiger charge is 1.99. The van der Waals surface area contributed by atoms with Crippen molar-refractivity contribution >= 4 is 40.3 Å². The van der Waals surface area contributed by atoms with Crippen molar-refractivity contribution in [2.75, 3.05) is 0 Å². The summed E-state index contributed by atoms with van der Waals surface area (Å²) in [7, 11) is 0. The zero-order valence-electron chi connectivity index (χ0n) is 20.8. The monoisotopic (exact) mass is 452 g/mol. The van der Waals surface area contributed by atoms with Crippen molar-refractivity contribution in [3.8, 4) is 0 Å². The zero-order chi connectivity index (χ0) is 24.1. The molecule has 0 N–H and O–H groups in total. The van der Waals surface area contributed by atoms with Gasteiger partial charge in [-0.25, -0.2) is 0 Å². The normalized spacial score (nSPS) is 11.0. The molecule has 33 heavy (non-hydrogen) atoms. The Morgan fingerprint density at radius 3 is 1.79 bits per heavy atom.